The Kier molecular flexibility index (Phi) is 4.19. The minimum Gasteiger partial charge on any atom is -0.478 e. The quantitative estimate of drug-likeness (QED) is 0.903. The fourth-order valence-corrected chi connectivity index (χ4v) is 3.40. The summed E-state index contributed by atoms with van der Waals surface area (Å²) in [6.07, 6.45) is 1.58. The van der Waals surface area contributed by atoms with Gasteiger partial charge in [-0.2, -0.15) is 0 Å². The summed E-state index contributed by atoms with van der Waals surface area (Å²) in [5.41, 5.74) is 0.147. The van der Waals surface area contributed by atoms with Crippen LogP contribution in [-0.2, 0) is 21.3 Å². The van der Waals surface area contributed by atoms with Crippen molar-refractivity contribution < 1.29 is 23.3 Å². The third kappa shape index (κ3) is 3.00. The molecular weight excluding hydrogens is 256 g/mol. The summed E-state index contributed by atoms with van der Waals surface area (Å²) in [4.78, 5) is 10.9. The second-order valence-corrected chi connectivity index (χ2v) is 6.04. The van der Waals surface area contributed by atoms with Crippen molar-refractivity contribution in [3.05, 3.63) is 23.2 Å². The molecule has 0 saturated carbocycles. The summed E-state index contributed by atoms with van der Waals surface area (Å²) in [5, 5.41) is 9.03. The van der Waals surface area contributed by atoms with Crippen LogP contribution in [-0.4, -0.2) is 33.7 Å². The lowest BCUT2D eigenvalue weighted by Crippen LogP contribution is -2.25. The molecule has 1 atom stereocenters. The zero-order chi connectivity index (χ0) is 13.1. The Morgan fingerprint density at radius 3 is 2.72 bits per heavy atom. The highest BCUT2D eigenvalue weighted by atomic mass is 32.2. The van der Waals surface area contributed by atoms with Gasteiger partial charge < -0.3 is 14.3 Å². The number of rotatable bonds is 4. The van der Waals surface area contributed by atoms with Gasteiger partial charge in [-0.15, -0.1) is 0 Å². The van der Waals surface area contributed by atoms with E-state index < -0.39 is 16.8 Å². The molecule has 18 heavy (non-hydrogen) atoms. The molecule has 0 bridgehead atoms. The summed E-state index contributed by atoms with van der Waals surface area (Å²) in [6, 6.07) is 1.47. The van der Waals surface area contributed by atoms with Gasteiger partial charge in [-0.3, -0.25) is 4.21 Å². The molecule has 0 aliphatic carbocycles. The molecule has 1 aromatic heterocycles. The number of carboxylic acid groups (broad SMARTS) is 1. The highest BCUT2D eigenvalue weighted by Gasteiger charge is 2.22. The molecular formula is C12H16O5S. The van der Waals surface area contributed by atoms with Gasteiger partial charge in [0.15, 0.2) is 0 Å². The smallest absolute Gasteiger partial charge is 0.339 e. The van der Waals surface area contributed by atoms with E-state index in [1.54, 1.807) is 6.92 Å². The Balaban J connectivity index is 2.02. The molecule has 1 aromatic rings. The fraction of sp³-hybridized carbons (Fsp3) is 0.583. The number of carbonyl (C=O) groups is 1. The second kappa shape index (κ2) is 5.67. The Bertz CT molecular complexity index is 459. The van der Waals surface area contributed by atoms with Crippen molar-refractivity contribution in [1.82, 2.24) is 0 Å². The molecule has 1 aliphatic rings. The first-order valence-corrected chi connectivity index (χ1v) is 7.23. The standard InChI is InChI=1S/C12H16O5S/c1-8-11(12(13)14)6-9(17-8)7-18(15)10-2-4-16-5-3-10/h6,10H,2-5,7H2,1H3,(H,13,14). The van der Waals surface area contributed by atoms with Crippen LogP contribution in [0, 0.1) is 6.92 Å². The van der Waals surface area contributed by atoms with Crippen LogP contribution in [0.1, 0.15) is 34.7 Å². The van der Waals surface area contributed by atoms with Gasteiger partial charge in [0.1, 0.15) is 17.1 Å². The minimum absolute atomic E-state index is 0.123. The number of aryl methyl sites for hydroxylation is 1. The molecule has 0 radical (unpaired) electrons. The molecule has 1 unspecified atom stereocenters. The topological polar surface area (TPSA) is 76.7 Å². The van der Waals surface area contributed by atoms with E-state index in [1.165, 1.54) is 6.07 Å². The number of ether oxygens (including phenoxy) is 1. The Hall–Kier alpha value is -1.14. The molecule has 1 saturated heterocycles. The van der Waals surface area contributed by atoms with E-state index in [4.69, 9.17) is 14.3 Å². The van der Waals surface area contributed by atoms with Crippen molar-refractivity contribution >= 4 is 16.8 Å². The zero-order valence-corrected chi connectivity index (χ0v) is 11.0. The summed E-state index contributed by atoms with van der Waals surface area (Å²) < 4.78 is 22.7. The molecule has 1 N–H and O–H groups in total. The van der Waals surface area contributed by atoms with Crippen LogP contribution in [0.4, 0.5) is 0 Å². The van der Waals surface area contributed by atoms with E-state index in [2.05, 4.69) is 0 Å². The second-order valence-electron chi connectivity index (χ2n) is 4.32. The van der Waals surface area contributed by atoms with Crippen LogP contribution in [0.3, 0.4) is 0 Å². The number of hydrogen-bond donors (Lipinski definition) is 1. The van der Waals surface area contributed by atoms with Crippen LogP contribution in [0.2, 0.25) is 0 Å². The molecule has 1 aliphatic heterocycles. The monoisotopic (exact) mass is 272 g/mol. The first-order valence-electron chi connectivity index (χ1n) is 5.85. The predicted octanol–water partition coefficient (Wildman–Crippen LogP) is 1.71. The van der Waals surface area contributed by atoms with Gasteiger partial charge in [0.2, 0.25) is 0 Å². The van der Waals surface area contributed by atoms with Crippen LogP contribution in [0.15, 0.2) is 10.5 Å². The first kappa shape index (κ1) is 13.3. The average Bonchev–Trinajstić information content (AvgIpc) is 2.71. The molecule has 2 rings (SSSR count). The van der Waals surface area contributed by atoms with E-state index in [1.807, 2.05) is 0 Å². The van der Waals surface area contributed by atoms with Gasteiger partial charge in [0.05, 0.1) is 5.75 Å². The van der Waals surface area contributed by atoms with Gasteiger partial charge >= 0.3 is 5.97 Å². The van der Waals surface area contributed by atoms with E-state index in [-0.39, 0.29) is 16.6 Å². The van der Waals surface area contributed by atoms with Crippen LogP contribution in [0.25, 0.3) is 0 Å². The molecule has 2 heterocycles. The van der Waals surface area contributed by atoms with Gasteiger partial charge in [0.25, 0.3) is 0 Å². The van der Waals surface area contributed by atoms with E-state index in [9.17, 15) is 9.00 Å². The fourth-order valence-electron chi connectivity index (χ4n) is 2.02. The Morgan fingerprint density at radius 2 is 2.17 bits per heavy atom. The van der Waals surface area contributed by atoms with Crippen LogP contribution >= 0.6 is 0 Å². The number of aromatic carboxylic acids is 1. The molecule has 6 heteroatoms. The van der Waals surface area contributed by atoms with Crippen LogP contribution < -0.4 is 0 Å². The zero-order valence-electron chi connectivity index (χ0n) is 10.2. The summed E-state index contributed by atoms with van der Waals surface area (Å²) in [7, 11) is -1.03. The van der Waals surface area contributed by atoms with Gasteiger partial charge in [-0.1, -0.05) is 0 Å². The van der Waals surface area contributed by atoms with Crippen molar-refractivity contribution in [3.8, 4) is 0 Å². The Morgan fingerprint density at radius 1 is 1.50 bits per heavy atom. The normalized spacial score (nSPS) is 18.7. The highest BCUT2D eigenvalue weighted by molar-refractivity contribution is 7.84. The number of carboxylic acids is 1. The first-order chi connectivity index (χ1) is 8.58. The van der Waals surface area contributed by atoms with Crippen molar-refractivity contribution in [2.75, 3.05) is 13.2 Å². The lowest BCUT2D eigenvalue weighted by molar-refractivity contribution is 0.0695. The molecule has 100 valence electrons. The minimum atomic E-state index is -1.03. The maximum atomic E-state index is 12.1. The average molecular weight is 272 g/mol. The van der Waals surface area contributed by atoms with Gasteiger partial charge in [0, 0.05) is 29.3 Å². The van der Waals surface area contributed by atoms with Crippen molar-refractivity contribution in [3.63, 3.8) is 0 Å². The lowest BCUT2D eigenvalue weighted by Gasteiger charge is -2.20. The van der Waals surface area contributed by atoms with Gasteiger partial charge in [-0.05, 0) is 25.8 Å². The van der Waals surface area contributed by atoms with Crippen molar-refractivity contribution in [2.45, 2.75) is 30.8 Å². The third-order valence-corrected chi connectivity index (χ3v) is 4.81. The van der Waals surface area contributed by atoms with Crippen molar-refractivity contribution in [1.29, 1.82) is 0 Å². The third-order valence-electron chi connectivity index (χ3n) is 3.02. The van der Waals surface area contributed by atoms with Crippen LogP contribution in [0.5, 0.6) is 0 Å². The molecule has 5 nitrogen and oxygen atoms in total. The van der Waals surface area contributed by atoms with Crippen molar-refractivity contribution in [2.24, 2.45) is 0 Å². The summed E-state index contributed by atoms with van der Waals surface area (Å²) >= 11 is 0. The molecule has 0 amide bonds. The SMILES string of the molecule is Cc1oc(CS(=O)C2CCOCC2)cc1C(=O)O. The maximum absolute atomic E-state index is 12.1. The molecule has 0 aromatic carbocycles. The summed E-state index contributed by atoms with van der Waals surface area (Å²) in [5.74, 6) is 0.106. The van der Waals surface area contributed by atoms with E-state index >= 15 is 0 Å². The summed E-state index contributed by atoms with van der Waals surface area (Å²) in [6.45, 7) is 2.90. The highest BCUT2D eigenvalue weighted by Crippen LogP contribution is 2.20. The maximum Gasteiger partial charge on any atom is 0.339 e. The van der Waals surface area contributed by atoms with E-state index in [0.717, 1.165) is 12.8 Å². The van der Waals surface area contributed by atoms with E-state index in [0.29, 0.717) is 24.7 Å². The largest absolute Gasteiger partial charge is 0.478 e. The lowest BCUT2D eigenvalue weighted by atomic mass is 10.2. The Labute approximate surface area is 108 Å². The molecule has 0 spiro atoms. The van der Waals surface area contributed by atoms with Gasteiger partial charge in [-0.25, -0.2) is 4.79 Å². The number of hydrogen-bond acceptors (Lipinski definition) is 4. The molecule has 1 fully saturated rings. The predicted molar refractivity (Wildman–Crippen MR) is 66.1 cm³/mol. The number of furan rings is 1.